The third-order valence-corrected chi connectivity index (χ3v) is 3.23. The summed E-state index contributed by atoms with van der Waals surface area (Å²) in [4.78, 5) is 4.13. The van der Waals surface area contributed by atoms with Crippen LogP contribution in [0.5, 0.6) is 0 Å². The molecule has 2 nitrogen and oxygen atoms in total. The van der Waals surface area contributed by atoms with Gasteiger partial charge in [-0.1, -0.05) is 18.7 Å². The number of aliphatic imine (C=N–C) groups is 1. The van der Waals surface area contributed by atoms with E-state index in [4.69, 9.17) is 0 Å². The molecule has 1 atom stereocenters. The summed E-state index contributed by atoms with van der Waals surface area (Å²) in [6.45, 7) is 3.09. The Morgan fingerprint density at radius 3 is 2.86 bits per heavy atom. The molecule has 0 aromatic rings. The molecule has 14 heavy (non-hydrogen) atoms. The molecule has 1 heterocycles. The van der Waals surface area contributed by atoms with Gasteiger partial charge in [-0.15, -0.1) is 0 Å². The van der Waals surface area contributed by atoms with Crippen LogP contribution in [-0.4, -0.2) is 34.8 Å². The van der Waals surface area contributed by atoms with Crippen molar-refractivity contribution in [2.75, 3.05) is 18.8 Å². The van der Waals surface area contributed by atoms with Crippen molar-refractivity contribution in [3.63, 3.8) is 0 Å². The minimum Gasteiger partial charge on any atom is -0.364 e. The highest BCUT2D eigenvalue weighted by Crippen LogP contribution is 2.29. The molecule has 1 N–H and O–H groups in total. The zero-order valence-electron chi connectivity index (χ0n) is 7.60. The van der Waals surface area contributed by atoms with Crippen LogP contribution >= 0.6 is 23.5 Å². The Labute approximate surface area is 89.1 Å². The van der Waals surface area contributed by atoms with Crippen molar-refractivity contribution in [2.24, 2.45) is 4.99 Å². The molecule has 1 rings (SSSR count). The third kappa shape index (κ3) is 4.99. The summed E-state index contributed by atoms with van der Waals surface area (Å²) in [5, 5.41) is 4.08. The van der Waals surface area contributed by atoms with Crippen LogP contribution < -0.4 is 5.32 Å². The molecule has 1 unspecified atom stereocenters. The van der Waals surface area contributed by atoms with Gasteiger partial charge in [-0.3, -0.25) is 4.99 Å². The molecule has 1 aliphatic rings. The van der Waals surface area contributed by atoms with E-state index in [9.17, 15) is 13.2 Å². The van der Waals surface area contributed by atoms with Gasteiger partial charge in [0.1, 0.15) is 0 Å². The third-order valence-electron chi connectivity index (χ3n) is 1.45. The van der Waals surface area contributed by atoms with E-state index in [1.807, 2.05) is 6.92 Å². The highest BCUT2D eigenvalue weighted by Gasteiger charge is 2.27. The van der Waals surface area contributed by atoms with E-state index >= 15 is 0 Å². The Morgan fingerprint density at radius 1 is 1.64 bits per heavy atom. The van der Waals surface area contributed by atoms with Crippen molar-refractivity contribution in [2.45, 2.75) is 17.7 Å². The van der Waals surface area contributed by atoms with Crippen LogP contribution in [0.4, 0.5) is 13.2 Å². The van der Waals surface area contributed by atoms with Gasteiger partial charge in [-0.25, -0.2) is 0 Å². The lowest BCUT2D eigenvalue weighted by Gasteiger charge is -2.07. The predicted octanol–water partition coefficient (Wildman–Crippen LogP) is 2.32. The second kappa shape index (κ2) is 5.16. The normalized spacial score (nSPS) is 22.3. The zero-order valence-corrected chi connectivity index (χ0v) is 9.23. The molecule has 0 aromatic heterocycles. The number of halogens is 3. The molecular formula is C7H11F3N2S2. The van der Waals surface area contributed by atoms with Crippen LogP contribution in [0.15, 0.2) is 4.99 Å². The molecule has 0 radical (unpaired) electrons. The average molecular weight is 244 g/mol. The Balaban J connectivity index is 2.05. The van der Waals surface area contributed by atoms with E-state index in [2.05, 4.69) is 10.3 Å². The number of thioether (sulfide) groups is 2. The molecule has 0 saturated carbocycles. The smallest absolute Gasteiger partial charge is 0.364 e. The van der Waals surface area contributed by atoms with Gasteiger partial charge in [-0.2, -0.15) is 13.2 Å². The van der Waals surface area contributed by atoms with Gasteiger partial charge in [-0.05, 0) is 11.8 Å². The molecule has 0 saturated heterocycles. The topological polar surface area (TPSA) is 24.4 Å². The molecule has 7 heteroatoms. The molecule has 82 valence electrons. The maximum Gasteiger partial charge on any atom is 0.441 e. The molecule has 0 bridgehead atoms. The Morgan fingerprint density at radius 2 is 2.36 bits per heavy atom. The van der Waals surface area contributed by atoms with Crippen molar-refractivity contribution in [3.05, 3.63) is 0 Å². The predicted molar refractivity (Wildman–Crippen MR) is 55.9 cm³/mol. The summed E-state index contributed by atoms with van der Waals surface area (Å²) in [5.74, 6) is 0.0253. The van der Waals surface area contributed by atoms with E-state index in [0.717, 1.165) is 11.7 Å². The van der Waals surface area contributed by atoms with E-state index in [1.165, 1.54) is 0 Å². The van der Waals surface area contributed by atoms with E-state index in [0.29, 0.717) is 11.8 Å². The zero-order chi connectivity index (χ0) is 10.6. The van der Waals surface area contributed by atoms with Crippen molar-refractivity contribution in [3.8, 4) is 0 Å². The highest BCUT2D eigenvalue weighted by molar-refractivity contribution is 8.14. The standard InChI is InChI=1S/C7H11F3N2S2/c1-5-4-12-6(14-5)11-2-3-13-7(8,9)10/h5H,2-4H2,1H3,(H,11,12). The summed E-state index contributed by atoms with van der Waals surface area (Å²) >= 11 is 1.56. The molecule has 0 amide bonds. The fourth-order valence-corrected chi connectivity index (χ4v) is 2.20. The van der Waals surface area contributed by atoms with Gasteiger partial charge in [0, 0.05) is 17.5 Å². The Hall–Kier alpha value is -0.0400. The lowest BCUT2D eigenvalue weighted by Crippen LogP contribution is -2.23. The first-order chi connectivity index (χ1) is 6.47. The van der Waals surface area contributed by atoms with E-state index < -0.39 is 5.51 Å². The number of nitrogens with one attached hydrogen (secondary N) is 1. The Bertz CT molecular complexity index is 217. The van der Waals surface area contributed by atoms with Gasteiger partial charge in [0.15, 0.2) is 5.17 Å². The van der Waals surface area contributed by atoms with Gasteiger partial charge in [0.25, 0.3) is 0 Å². The lowest BCUT2D eigenvalue weighted by molar-refractivity contribution is -0.0327. The summed E-state index contributed by atoms with van der Waals surface area (Å²) in [5.41, 5.74) is -4.13. The maximum atomic E-state index is 11.7. The maximum absolute atomic E-state index is 11.7. The van der Waals surface area contributed by atoms with Crippen LogP contribution in [0.25, 0.3) is 0 Å². The van der Waals surface area contributed by atoms with Crippen molar-refractivity contribution in [1.29, 1.82) is 0 Å². The molecule has 0 aromatic carbocycles. The fraction of sp³-hybridized carbons (Fsp3) is 0.857. The van der Waals surface area contributed by atoms with Gasteiger partial charge < -0.3 is 5.32 Å². The van der Waals surface area contributed by atoms with Crippen molar-refractivity contribution >= 4 is 28.7 Å². The molecular weight excluding hydrogens is 233 g/mol. The number of hydrogen-bond acceptors (Lipinski definition) is 4. The minimum absolute atomic E-state index is 0.00902. The minimum atomic E-state index is -4.13. The van der Waals surface area contributed by atoms with Crippen LogP contribution in [0, 0.1) is 0 Å². The van der Waals surface area contributed by atoms with Crippen LogP contribution in [0.3, 0.4) is 0 Å². The summed E-state index contributed by atoms with van der Waals surface area (Å²) in [6, 6.07) is 0. The second-order valence-corrected chi connectivity index (χ2v) is 5.38. The molecule has 0 fully saturated rings. The number of nitrogens with zero attached hydrogens (tertiary/aromatic N) is 1. The molecule has 1 aliphatic heterocycles. The summed E-state index contributed by atoms with van der Waals surface area (Å²) in [6.07, 6.45) is 0. The highest BCUT2D eigenvalue weighted by atomic mass is 32.2. The van der Waals surface area contributed by atoms with Crippen molar-refractivity contribution < 1.29 is 13.2 Å². The lowest BCUT2D eigenvalue weighted by atomic mass is 10.5. The Kier molecular flexibility index (Phi) is 4.43. The van der Waals surface area contributed by atoms with Crippen LogP contribution in [0.1, 0.15) is 6.92 Å². The van der Waals surface area contributed by atoms with E-state index in [1.54, 1.807) is 11.8 Å². The SMILES string of the molecule is CC1CN=C(NCCSC(F)(F)F)S1. The van der Waals surface area contributed by atoms with E-state index in [-0.39, 0.29) is 17.5 Å². The van der Waals surface area contributed by atoms with Gasteiger partial charge >= 0.3 is 5.51 Å². The van der Waals surface area contributed by atoms with Crippen LogP contribution in [-0.2, 0) is 0 Å². The summed E-state index contributed by atoms with van der Waals surface area (Å²) < 4.78 is 35.2. The van der Waals surface area contributed by atoms with Gasteiger partial charge in [0.05, 0.1) is 6.54 Å². The first-order valence-corrected chi connectivity index (χ1v) is 5.99. The monoisotopic (exact) mass is 244 g/mol. The second-order valence-electron chi connectivity index (χ2n) is 2.80. The number of amidine groups is 1. The molecule has 0 aliphatic carbocycles. The quantitative estimate of drug-likeness (QED) is 0.771. The summed E-state index contributed by atoms with van der Waals surface area (Å²) in [7, 11) is 0. The van der Waals surface area contributed by atoms with Crippen molar-refractivity contribution in [1.82, 2.24) is 5.32 Å². The molecule has 0 spiro atoms. The first kappa shape index (κ1) is 12.0. The average Bonchev–Trinajstić information content (AvgIpc) is 2.44. The number of alkyl halides is 3. The fourth-order valence-electron chi connectivity index (χ4n) is 0.899. The largest absolute Gasteiger partial charge is 0.441 e. The number of hydrogen-bond donors (Lipinski definition) is 1. The first-order valence-electron chi connectivity index (χ1n) is 4.13. The number of rotatable bonds is 3. The van der Waals surface area contributed by atoms with Gasteiger partial charge in [0.2, 0.25) is 0 Å². The van der Waals surface area contributed by atoms with Crippen LogP contribution in [0.2, 0.25) is 0 Å².